The molecule has 0 saturated carbocycles. The van der Waals surface area contributed by atoms with Gasteiger partial charge in [-0.25, -0.2) is 4.79 Å². The fourth-order valence-electron chi connectivity index (χ4n) is 7.65. The molecular weight excluding hydrogens is 590 g/mol. The van der Waals surface area contributed by atoms with E-state index in [1.807, 2.05) is 18.3 Å². The van der Waals surface area contributed by atoms with Gasteiger partial charge in [-0.3, -0.25) is 4.99 Å². The van der Waals surface area contributed by atoms with Crippen LogP contribution in [0.5, 0.6) is 0 Å². The molecule has 9 nitrogen and oxygen atoms in total. The van der Waals surface area contributed by atoms with Gasteiger partial charge in [-0.2, -0.15) is 0 Å². The van der Waals surface area contributed by atoms with Crippen LogP contribution in [-0.4, -0.2) is 58.6 Å². The lowest BCUT2D eigenvalue weighted by Crippen LogP contribution is -2.47. The number of hydrogen-bond donors (Lipinski definition) is 5. The Hall–Kier alpha value is -4.11. The Bertz CT molecular complexity index is 1520. The van der Waals surface area contributed by atoms with Crippen molar-refractivity contribution in [2.45, 2.75) is 95.1 Å². The number of aliphatic hydroxyl groups is 1. The fourth-order valence-corrected chi connectivity index (χ4v) is 7.65. The Morgan fingerprint density at radius 1 is 1.04 bits per heavy atom. The number of carboxylic acids is 1. The zero-order valence-electron chi connectivity index (χ0n) is 27.3. The standard InChI is InChI=1S/C38H50N5O4/c39-38-41-19-17-34(43-38)33(24-37(46)47)35(42-36-14-7-18-40-36)23-30-16-15-29-21-27-11-5-6-12-28(27)22-32(29)31(30)13-4-2-1-3-9-26(25-45)10-8-20-44/h5-7,11-12,14,18,21-22,24-26,30-31,34-35,40,44H,1-4,8-10,13,15-17,19-20,23H2,(H,46,47)(H3,39,41,43)/q-1/b33-24+/t26-,30+,31+,34+,35-/m0/s1. The van der Waals surface area contributed by atoms with Gasteiger partial charge >= 0.3 is 5.97 Å². The quantitative estimate of drug-likeness (QED) is 0.0579. The van der Waals surface area contributed by atoms with E-state index in [4.69, 9.17) is 16.2 Å². The van der Waals surface area contributed by atoms with Crippen molar-refractivity contribution in [1.29, 1.82) is 0 Å². The number of fused-ring (bicyclic) bond motifs is 2. The van der Waals surface area contributed by atoms with Crippen molar-refractivity contribution < 1.29 is 19.8 Å². The van der Waals surface area contributed by atoms with Crippen molar-refractivity contribution in [2.24, 2.45) is 22.6 Å². The number of aromatic amines is 1. The number of aromatic nitrogens is 1. The summed E-state index contributed by atoms with van der Waals surface area (Å²) in [5.41, 5.74) is 9.64. The van der Waals surface area contributed by atoms with Crippen LogP contribution in [0, 0.1) is 11.8 Å². The van der Waals surface area contributed by atoms with Crippen LogP contribution in [0.4, 0.5) is 5.82 Å². The number of aliphatic hydroxyl groups excluding tert-OH is 1. The molecule has 3 aromatic rings. The van der Waals surface area contributed by atoms with Gasteiger partial charge in [-0.1, -0.05) is 86.2 Å². The van der Waals surface area contributed by atoms with Crippen LogP contribution >= 0.6 is 0 Å². The number of aliphatic carboxylic acids is 1. The Balaban J connectivity index is 1.37. The monoisotopic (exact) mass is 640 g/mol. The molecule has 0 unspecified atom stereocenters. The maximum absolute atomic E-state index is 12.2. The van der Waals surface area contributed by atoms with Crippen molar-refractivity contribution in [3.8, 4) is 0 Å². The van der Waals surface area contributed by atoms with Crippen LogP contribution in [0.1, 0.15) is 87.7 Å². The first-order valence-electron chi connectivity index (χ1n) is 17.4. The number of nitrogens with zero attached hydrogens (tertiary/aromatic N) is 2. The van der Waals surface area contributed by atoms with Crippen molar-refractivity contribution in [3.63, 3.8) is 0 Å². The van der Waals surface area contributed by atoms with Crippen molar-refractivity contribution >= 4 is 34.8 Å². The predicted molar refractivity (Wildman–Crippen MR) is 188 cm³/mol. The smallest absolute Gasteiger partial charge is 0.328 e. The second-order valence-electron chi connectivity index (χ2n) is 13.2. The summed E-state index contributed by atoms with van der Waals surface area (Å²) in [6, 6.07) is 16.6. The summed E-state index contributed by atoms with van der Waals surface area (Å²) in [7, 11) is 0. The molecule has 5 rings (SSSR count). The van der Waals surface area contributed by atoms with Gasteiger partial charge in [0.05, 0.1) is 6.04 Å². The van der Waals surface area contributed by atoms with Crippen molar-refractivity contribution in [2.75, 3.05) is 13.2 Å². The molecule has 1 aliphatic carbocycles. The molecule has 6 N–H and O–H groups in total. The lowest BCUT2D eigenvalue weighted by molar-refractivity contribution is -0.131. The van der Waals surface area contributed by atoms with Gasteiger partial charge in [-0.15, -0.1) is 0 Å². The van der Waals surface area contributed by atoms with E-state index >= 15 is 0 Å². The number of aryl methyl sites for hydroxylation is 1. The zero-order chi connectivity index (χ0) is 33.0. The Morgan fingerprint density at radius 2 is 1.83 bits per heavy atom. The minimum absolute atomic E-state index is 0.0405. The van der Waals surface area contributed by atoms with Gasteiger partial charge in [0.2, 0.25) is 0 Å². The first kappa shape index (κ1) is 34.2. The number of rotatable bonds is 18. The van der Waals surface area contributed by atoms with E-state index in [-0.39, 0.29) is 24.6 Å². The zero-order valence-corrected chi connectivity index (χ0v) is 27.3. The van der Waals surface area contributed by atoms with E-state index in [9.17, 15) is 14.7 Å². The Morgan fingerprint density at radius 3 is 2.55 bits per heavy atom. The molecule has 2 aromatic carbocycles. The summed E-state index contributed by atoms with van der Waals surface area (Å²) in [6.45, 7) is 0.674. The molecule has 0 amide bonds. The molecule has 1 aromatic heterocycles. The van der Waals surface area contributed by atoms with Gasteiger partial charge in [0, 0.05) is 25.1 Å². The van der Waals surface area contributed by atoms with Crippen LogP contribution < -0.4 is 11.1 Å². The summed E-state index contributed by atoms with van der Waals surface area (Å²) in [5.74, 6) is 0.764. The number of benzene rings is 2. The number of guanidine groups is 1. The maximum atomic E-state index is 12.2. The van der Waals surface area contributed by atoms with E-state index in [0.29, 0.717) is 37.2 Å². The first-order chi connectivity index (χ1) is 22.9. The molecule has 47 heavy (non-hydrogen) atoms. The Labute approximate surface area is 278 Å². The average Bonchev–Trinajstić information content (AvgIpc) is 3.59. The summed E-state index contributed by atoms with van der Waals surface area (Å²) in [6.07, 6.45) is 15.3. The summed E-state index contributed by atoms with van der Waals surface area (Å²) in [5, 5.41) is 30.0. The highest BCUT2D eigenvalue weighted by Crippen LogP contribution is 2.45. The van der Waals surface area contributed by atoms with Crippen LogP contribution in [0.3, 0.4) is 0 Å². The van der Waals surface area contributed by atoms with E-state index in [1.54, 1.807) is 0 Å². The number of carbonyl (C=O) groups excluding carboxylic acids is 1. The maximum Gasteiger partial charge on any atom is 0.328 e. The number of aldehydes is 1. The van der Waals surface area contributed by atoms with Gasteiger partial charge in [-0.05, 0) is 96.7 Å². The molecule has 5 atom stereocenters. The minimum Gasteiger partial charge on any atom is -0.478 e. The molecule has 252 valence electrons. The molecule has 2 aliphatic rings. The third kappa shape index (κ3) is 9.47. The fraction of sp³-hybridized carbons (Fsp3) is 0.500. The van der Waals surface area contributed by atoms with Crippen molar-refractivity contribution in [3.05, 3.63) is 82.8 Å². The second kappa shape index (κ2) is 17.2. The summed E-state index contributed by atoms with van der Waals surface area (Å²) in [4.78, 5) is 31.1. The molecule has 0 spiro atoms. The summed E-state index contributed by atoms with van der Waals surface area (Å²) < 4.78 is 0. The lowest BCUT2D eigenvalue weighted by atomic mass is 9.69. The topological polar surface area (TPSA) is 155 Å². The van der Waals surface area contributed by atoms with E-state index in [0.717, 1.165) is 81.9 Å². The number of H-pyrrole nitrogens is 1. The number of carbonyl (C=O) groups is 2. The number of nitrogens with one attached hydrogen (secondary N) is 2. The molecule has 0 saturated heterocycles. The highest BCUT2D eigenvalue weighted by molar-refractivity contribution is 5.85. The highest BCUT2D eigenvalue weighted by Gasteiger charge is 2.33. The third-order valence-electron chi connectivity index (χ3n) is 10.0. The van der Waals surface area contributed by atoms with Crippen LogP contribution in [0.15, 0.2) is 71.4 Å². The molecule has 1 aliphatic heterocycles. The molecule has 9 heteroatoms. The lowest BCUT2D eigenvalue weighted by Gasteiger charge is -2.40. The third-order valence-corrected chi connectivity index (χ3v) is 10.0. The van der Waals surface area contributed by atoms with Gasteiger partial charge in [0.25, 0.3) is 0 Å². The van der Waals surface area contributed by atoms with E-state index in [1.165, 1.54) is 28.0 Å². The highest BCUT2D eigenvalue weighted by atomic mass is 16.4. The largest absolute Gasteiger partial charge is 0.478 e. The first-order valence-corrected chi connectivity index (χ1v) is 17.4. The van der Waals surface area contributed by atoms with Gasteiger partial charge in [0.1, 0.15) is 6.29 Å². The number of carboxylic acid groups (broad SMARTS) is 1. The summed E-state index contributed by atoms with van der Waals surface area (Å²) >= 11 is 0. The molecule has 0 bridgehead atoms. The average molecular weight is 641 g/mol. The molecule has 2 heterocycles. The van der Waals surface area contributed by atoms with Gasteiger partial charge in [0.15, 0.2) is 5.96 Å². The number of nitrogens with two attached hydrogens (primary N) is 1. The van der Waals surface area contributed by atoms with E-state index in [2.05, 4.69) is 51.7 Å². The second-order valence-corrected chi connectivity index (χ2v) is 13.2. The van der Waals surface area contributed by atoms with Gasteiger partial charge < -0.3 is 36.4 Å². The minimum atomic E-state index is -0.986. The van der Waals surface area contributed by atoms with Crippen LogP contribution in [0.2, 0.25) is 0 Å². The molecule has 0 fully saturated rings. The number of hydrogen-bond acceptors (Lipinski definition) is 6. The number of unbranched alkanes of at least 4 members (excludes halogenated alkanes) is 3. The predicted octanol–water partition coefficient (Wildman–Crippen LogP) is 6.89. The van der Waals surface area contributed by atoms with E-state index < -0.39 is 5.97 Å². The number of aliphatic imine (C=N–C) groups is 1. The molecular formula is C38H50N5O4-. The van der Waals surface area contributed by atoms with Crippen LogP contribution in [0.25, 0.3) is 16.1 Å². The SMILES string of the molecule is NC1=NCC[C@H](/C(=C\C(=O)O)[C@H](C[C@H]2CCc3cc4ccccc4cc3[C@@H]2CCCCCC[C@H](C=O)CCCO)[N-]c2ccc[nH]2)N1. The van der Waals surface area contributed by atoms with Crippen molar-refractivity contribution in [1.82, 2.24) is 10.3 Å². The molecule has 0 radical (unpaired) electrons. The normalized spacial score (nSPS) is 20.9. The Kier molecular flexibility index (Phi) is 12.5. The van der Waals surface area contributed by atoms with Crippen LogP contribution in [-0.2, 0) is 16.0 Å².